The van der Waals surface area contributed by atoms with Gasteiger partial charge < -0.3 is 40.4 Å². The van der Waals surface area contributed by atoms with E-state index in [1.807, 2.05) is 60.7 Å². The van der Waals surface area contributed by atoms with Gasteiger partial charge in [-0.1, -0.05) is 60.7 Å². The second-order valence-electron chi connectivity index (χ2n) is 15.3. The first kappa shape index (κ1) is 43.3. The van der Waals surface area contributed by atoms with E-state index in [1.165, 1.54) is 12.0 Å². The van der Waals surface area contributed by atoms with Crippen LogP contribution >= 0.6 is 0 Å². The molecule has 1 fully saturated rings. The molecule has 1 aliphatic rings. The van der Waals surface area contributed by atoms with Crippen molar-refractivity contribution in [3.63, 3.8) is 0 Å². The number of unbranched alkanes of at least 4 members (excludes halogenated alkanes) is 1. The number of benzene rings is 2. The van der Waals surface area contributed by atoms with Gasteiger partial charge in [-0.05, 0) is 84.8 Å². The molecule has 4 atom stereocenters. The Morgan fingerprint density at radius 1 is 0.722 bits per heavy atom. The molecule has 1 heterocycles. The lowest BCUT2D eigenvalue weighted by Crippen LogP contribution is -2.58. The number of hydrogen-bond acceptors (Lipinski definition) is 9. The van der Waals surface area contributed by atoms with Crippen molar-refractivity contribution in [2.45, 2.75) is 122 Å². The number of carbonyl (C=O) groups is 6. The molecule has 0 aromatic heterocycles. The van der Waals surface area contributed by atoms with Crippen LogP contribution in [0.1, 0.15) is 84.8 Å². The number of nitrogens with zero attached hydrogens (tertiary/aromatic N) is 1. The SMILES string of the molecule is COC(=O)[C@@H](CCCCNC(=O)OC(C)(C)C)NC(=O)[C@H]1CCCN1C(=O)[C@@H](Cc1ccccc1)NC(=O)[C@@H](Cc1ccccc1)NC(=O)OC(C)(C)C. The molecular formula is C40H57N5O9. The molecule has 14 nitrogen and oxygen atoms in total. The molecule has 54 heavy (non-hydrogen) atoms. The zero-order valence-corrected chi connectivity index (χ0v) is 32.6. The van der Waals surface area contributed by atoms with Crippen LogP contribution in [-0.4, -0.2) is 96.3 Å². The number of alkyl carbamates (subject to hydrolysis) is 2. The fourth-order valence-electron chi connectivity index (χ4n) is 5.97. The van der Waals surface area contributed by atoms with Crippen LogP contribution in [0.4, 0.5) is 9.59 Å². The van der Waals surface area contributed by atoms with E-state index in [-0.39, 0.29) is 25.8 Å². The van der Waals surface area contributed by atoms with Gasteiger partial charge in [-0.2, -0.15) is 0 Å². The Kier molecular flexibility index (Phi) is 16.3. The summed E-state index contributed by atoms with van der Waals surface area (Å²) in [5.41, 5.74) is 0.135. The highest BCUT2D eigenvalue weighted by atomic mass is 16.6. The molecule has 4 N–H and O–H groups in total. The van der Waals surface area contributed by atoms with Crippen LogP contribution in [-0.2, 0) is 46.2 Å². The fraction of sp³-hybridized carbons (Fsp3) is 0.550. The third-order valence-corrected chi connectivity index (χ3v) is 8.42. The normalized spacial score (nSPS) is 15.9. The molecule has 2 aromatic rings. The topological polar surface area (TPSA) is 181 Å². The Balaban J connectivity index is 1.75. The number of amides is 5. The Morgan fingerprint density at radius 3 is 1.83 bits per heavy atom. The number of esters is 1. The summed E-state index contributed by atoms with van der Waals surface area (Å²) in [6.07, 6.45) is 1.08. The zero-order chi connectivity index (χ0) is 39.9. The van der Waals surface area contributed by atoms with E-state index in [4.69, 9.17) is 14.2 Å². The molecule has 3 rings (SSSR count). The lowest BCUT2D eigenvalue weighted by molar-refractivity contribution is -0.147. The average molecular weight is 752 g/mol. The first-order valence-corrected chi connectivity index (χ1v) is 18.5. The molecule has 0 unspecified atom stereocenters. The van der Waals surface area contributed by atoms with Gasteiger partial charge in [0.2, 0.25) is 17.7 Å². The number of nitrogens with one attached hydrogen (secondary N) is 4. The Bertz CT molecular complexity index is 1560. The van der Waals surface area contributed by atoms with Gasteiger partial charge >= 0.3 is 18.2 Å². The van der Waals surface area contributed by atoms with Gasteiger partial charge in [0.25, 0.3) is 0 Å². The van der Waals surface area contributed by atoms with Gasteiger partial charge in [-0.15, -0.1) is 0 Å². The summed E-state index contributed by atoms with van der Waals surface area (Å²) in [6.45, 7) is 11.0. The lowest BCUT2D eigenvalue weighted by atomic mass is 10.0. The standard InChI is InChI=1S/C40H57N5O9/c1-39(2,3)53-37(50)41-23-15-14-21-29(36(49)52-7)42-34(47)32-22-16-24-45(32)35(48)31(26-28-19-12-9-13-20-28)43-33(46)30(25-27-17-10-8-11-18-27)44-38(51)54-40(4,5)6/h8-13,17-20,29-32H,14-16,21-26H2,1-7H3,(H,41,50)(H,42,47)(H,43,46)(H,44,51)/t29-,30-,31-,32-/m1/s1. The Hall–Kier alpha value is -5.14. The molecule has 1 saturated heterocycles. The Labute approximate surface area is 318 Å². The molecule has 2 aromatic carbocycles. The molecule has 1 aliphatic heterocycles. The van der Waals surface area contributed by atoms with Crippen LogP contribution in [0.25, 0.3) is 0 Å². The third-order valence-electron chi connectivity index (χ3n) is 8.42. The smallest absolute Gasteiger partial charge is 0.408 e. The molecule has 0 aliphatic carbocycles. The summed E-state index contributed by atoms with van der Waals surface area (Å²) in [5.74, 6) is -2.20. The van der Waals surface area contributed by atoms with Crippen molar-refractivity contribution in [2.75, 3.05) is 20.2 Å². The van der Waals surface area contributed by atoms with E-state index in [9.17, 15) is 28.8 Å². The maximum absolute atomic E-state index is 14.3. The van der Waals surface area contributed by atoms with Gasteiger partial charge in [-0.3, -0.25) is 14.4 Å². The molecule has 0 spiro atoms. The average Bonchev–Trinajstić information content (AvgIpc) is 3.59. The van der Waals surface area contributed by atoms with E-state index < -0.39 is 71.2 Å². The van der Waals surface area contributed by atoms with Gasteiger partial charge in [0, 0.05) is 25.9 Å². The van der Waals surface area contributed by atoms with E-state index in [1.54, 1.807) is 41.5 Å². The van der Waals surface area contributed by atoms with Gasteiger partial charge in [-0.25, -0.2) is 14.4 Å². The van der Waals surface area contributed by atoms with E-state index in [2.05, 4.69) is 21.3 Å². The van der Waals surface area contributed by atoms with Gasteiger partial charge in [0.05, 0.1) is 7.11 Å². The summed E-state index contributed by atoms with van der Waals surface area (Å²) in [5, 5.41) is 11.0. The second-order valence-corrected chi connectivity index (χ2v) is 15.3. The fourth-order valence-corrected chi connectivity index (χ4v) is 5.97. The van der Waals surface area contributed by atoms with Crippen LogP contribution in [0, 0.1) is 0 Å². The zero-order valence-electron chi connectivity index (χ0n) is 32.6. The summed E-state index contributed by atoms with van der Waals surface area (Å²) in [6, 6.07) is 14.3. The Morgan fingerprint density at radius 2 is 1.28 bits per heavy atom. The minimum Gasteiger partial charge on any atom is -0.467 e. The van der Waals surface area contributed by atoms with Crippen LogP contribution in [0.2, 0.25) is 0 Å². The van der Waals surface area contributed by atoms with Gasteiger partial charge in [0.1, 0.15) is 35.4 Å². The second kappa shape index (κ2) is 20.4. The molecule has 0 radical (unpaired) electrons. The van der Waals surface area contributed by atoms with Crippen LogP contribution in [0.3, 0.4) is 0 Å². The highest BCUT2D eigenvalue weighted by Crippen LogP contribution is 2.21. The minimum absolute atomic E-state index is 0.128. The predicted molar refractivity (Wildman–Crippen MR) is 202 cm³/mol. The van der Waals surface area contributed by atoms with Crippen molar-refractivity contribution >= 4 is 35.9 Å². The number of hydrogen-bond donors (Lipinski definition) is 4. The van der Waals surface area contributed by atoms with Crippen molar-refractivity contribution in [2.24, 2.45) is 0 Å². The molecule has 0 saturated carbocycles. The monoisotopic (exact) mass is 751 g/mol. The minimum atomic E-state index is -1.08. The first-order chi connectivity index (χ1) is 25.5. The highest BCUT2D eigenvalue weighted by molar-refractivity contribution is 5.95. The molecular weight excluding hydrogens is 694 g/mol. The number of ether oxygens (including phenoxy) is 3. The van der Waals surface area contributed by atoms with Crippen molar-refractivity contribution in [3.8, 4) is 0 Å². The van der Waals surface area contributed by atoms with E-state index in [0.29, 0.717) is 32.2 Å². The molecule has 0 bridgehead atoms. The summed E-state index contributed by atoms with van der Waals surface area (Å²) in [7, 11) is 1.23. The van der Waals surface area contributed by atoms with Crippen molar-refractivity contribution in [1.29, 1.82) is 0 Å². The van der Waals surface area contributed by atoms with Crippen molar-refractivity contribution < 1.29 is 43.0 Å². The molecule has 5 amide bonds. The predicted octanol–water partition coefficient (Wildman–Crippen LogP) is 4.19. The first-order valence-electron chi connectivity index (χ1n) is 18.5. The number of likely N-dealkylation sites (tertiary alicyclic amines) is 1. The quantitative estimate of drug-likeness (QED) is 0.111. The third kappa shape index (κ3) is 15.1. The van der Waals surface area contributed by atoms with Crippen molar-refractivity contribution in [1.82, 2.24) is 26.2 Å². The summed E-state index contributed by atoms with van der Waals surface area (Å²) in [4.78, 5) is 80.9. The van der Waals surface area contributed by atoms with Crippen LogP contribution in [0.15, 0.2) is 60.7 Å². The summed E-state index contributed by atoms with van der Waals surface area (Å²) >= 11 is 0. The highest BCUT2D eigenvalue weighted by Gasteiger charge is 2.40. The van der Waals surface area contributed by atoms with E-state index >= 15 is 0 Å². The summed E-state index contributed by atoms with van der Waals surface area (Å²) < 4.78 is 15.6. The van der Waals surface area contributed by atoms with Crippen LogP contribution < -0.4 is 21.3 Å². The maximum atomic E-state index is 14.3. The molecule has 296 valence electrons. The maximum Gasteiger partial charge on any atom is 0.408 e. The molecule has 14 heteroatoms. The number of carbonyl (C=O) groups excluding carboxylic acids is 6. The van der Waals surface area contributed by atoms with Crippen LogP contribution in [0.5, 0.6) is 0 Å². The number of rotatable bonds is 16. The largest absolute Gasteiger partial charge is 0.467 e. The van der Waals surface area contributed by atoms with E-state index in [0.717, 1.165) is 11.1 Å². The lowest BCUT2D eigenvalue weighted by Gasteiger charge is -2.31. The number of methoxy groups -OCH3 is 1. The van der Waals surface area contributed by atoms with Crippen molar-refractivity contribution in [3.05, 3.63) is 71.8 Å². The van der Waals surface area contributed by atoms with Gasteiger partial charge in [0.15, 0.2) is 0 Å².